The number of hydrogen-bond acceptors (Lipinski definition) is 12. The van der Waals surface area contributed by atoms with Crippen molar-refractivity contribution in [2.24, 2.45) is 17.4 Å². The van der Waals surface area contributed by atoms with Gasteiger partial charge in [-0.3, -0.25) is 43.2 Å². The lowest BCUT2D eigenvalue weighted by molar-refractivity contribution is -0.143. The van der Waals surface area contributed by atoms with Crippen LogP contribution >= 0.6 is 0 Å². The highest BCUT2D eigenvalue weighted by molar-refractivity contribution is 5.98. The van der Waals surface area contributed by atoms with Crippen molar-refractivity contribution in [3.63, 3.8) is 0 Å². The van der Waals surface area contributed by atoms with E-state index in [0.29, 0.717) is 24.0 Å². The lowest BCUT2D eigenvalue weighted by atomic mass is 10.0. The van der Waals surface area contributed by atoms with Gasteiger partial charge in [0.05, 0.1) is 19.2 Å². The number of nitrogens with zero attached hydrogens (tertiary/aromatic N) is 1. The molecule has 0 spiro atoms. The van der Waals surface area contributed by atoms with Gasteiger partial charge in [-0.25, -0.2) is 4.79 Å². The van der Waals surface area contributed by atoms with Crippen LogP contribution in [0.25, 0.3) is 0 Å². The molecule has 1 heterocycles. The fourth-order valence-corrected chi connectivity index (χ4v) is 8.06. The van der Waals surface area contributed by atoms with Crippen LogP contribution < -0.4 is 48.7 Å². The predicted molar refractivity (Wildman–Crippen MR) is 266 cm³/mol. The number of aliphatic hydroxyl groups is 1. The number of amides is 9. The normalized spacial score (nSPS) is 16.0. The fourth-order valence-electron chi connectivity index (χ4n) is 8.06. The van der Waals surface area contributed by atoms with Crippen LogP contribution in [0.2, 0.25) is 0 Å². The zero-order valence-corrected chi connectivity index (χ0v) is 41.2. The second kappa shape index (κ2) is 29.0. The number of aliphatic carboxylic acids is 1. The van der Waals surface area contributed by atoms with Crippen LogP contribution in [0.3, 0.4) is 0 Å². The van der Waals surface area contributed by atoms with Crippen molar-refractivity contribution < 1.29 is 58.2 Å². The van der Waals surface area contributed by atoms with E-state index in [-0.39, 0.29) is 51.0 Å². The first kappa shape index (κ1) is 57.9. The lowest BCUT2D eigenvalue weighted by Crippen LogP contribution is -2.59. The predicted octanol–water partition coefficient (Wildman–Crippen LogP) is -1.53. The number of aliphatic hydroxyl groups excluding tert-OH is 1. The summed E-state index contributed by atoms with van der Waals surface area (Å²) in [6.07, 6.45) is 0.337. The smallest absolute Gasteiger partial charge is 0.328 e. The van der Waals surface area contributed by atoms with E-state index in [1.54, 1.807) is 72.8 Å². The van der Waals surface area contributed by atoms with Crippen molar-refractivity contribution in [3.8, 4) is 0 Å². The minimum atomic E-state index is -1.66. The van der Waals surface area contributed by atoms with Gasteiger partial charge < -0.3 is 63.8 Å². The number of carbonyl (C=O) groups is 10. The molecule has 22 heteroatoms. The van der Waals surface area contributed by atoms with E-state index in [1.165, 1.54) is 11.8 Å². The Labute approximate surface area is 423 Å². The Morgan fingerprint density at radius 1 is 0.616 bits per heavy atom. The van der Waals surface area contributed by atoms with E-state index in [2.05, 4.69) is 37.2 Å². The quantitative estimate of drug-likeness (QED) is 0.0394. The van der Waals surface area contributed by atoms with Crippen LogP contribution in [0, 0.1) is 5.92 Å². The number of likely N-dealkylation sites (tertiary alicyclic amines) is 1. The third-order valence-corrected chi connectivity index (χ3v) is 11.9. The van der Waals surface area contributed by atoms with Crippen LogP contribution in [0.5, 0.6) is 0 Å². The first-order valence-electron chi connectivity index (χ1n) is 24.1. The molecule has 1 aliphatic heterocycles. The molecule has 1 saturated heterocycles. The molecule has 8 atom stereocenters. The Bertz CT molecular complexity index is 2380. The van der Waals surface area contributed by atoms with Crippen LogP contribution in [0.1, 0.15) is 69.6 Å². The molecular formula is C51H68N10O12. The number of nitrogens with one attached hydrogen (secondary N) is 7. The molecule has 0 aromatic heterocycles. The fraction of sp³-hybridized carbons (Fsp3) is 0.451. The van der Waals surface area contributed by atoms with Crippen molar-refractivity contribution in [1.29, 1.82) is 0 Å². The number of carboxylic acids is 1. The second-order valence-electron chi connectivity index (χ2n) is 18.3. The van der Waals surface area contributed by atoms with Crippen molar-refractivity contribution in [2.45, 2.75) is 120 Å². The molecule has 0 aliphatic carbocycles. The summed E-state index contributed by atoms with van der Waals surface area (Å²) in [7, 11) is 0. The van der Waals surface area contributed by atoms with Gasteiger partial charge >= 0.3 is 5.97 Å². The van der Waals surface area contributed by atoms with Crippen molar-refractivity contribution in [1.82, 2.24) is 42.1 Å². The van der Waals surface area contributed by atoms with Crippen LogP contribution in [-0.4, -0.2) is 142 Å². The summed E-state index contributed by atoms with van der Waals surface area (Å²) in [5.74, 6) is -8.29. The molecule has 0 saturated carbocycles. The molecule has 73 heavy (non-hydrogen) atoms. The van der Waals surface area contributed by atoms with Crippen molar-refractivity contribution in [2.75, 3.05) is 19.7 Å². The van der Waals surface area contributed by atoms with Gasteiger partial charge in [-0.2, -0.15) is 0 Å². The summed E-state index contributed by atoms with van der Waals surface area (Å²) >= 11 is 0. The number of benzene rings is 3. The summed E-state index contributed by atoms with van der Waals surface area (Å²) in [5, 5.41) is 36.5. The summed E-state index contributed by atoms with van der Waals surface area (Å²) in [6, 6.07) is 15.9. The highest BCUT2D eigenvalue weighted by Gasteiger charge is 2.39. The van der Waals surface area contributed by atoms with Gasteiger partial charge in [0.1, 0.15) is 42.3 Å². The second-order valence-corrected chi connectivity index (χ2v) is 18.3. The molecule has 1 aliphatic rings. The van der Waals surface area contributed by atoms with Crippen LogP contribution in [-0.2, 0) is 67.2 Å². The van der Waals surface area contributed by atoms with Crippen LogP contribution in [0.15, 0.2) is 91.0 Å². The summed E-state index contributed by atoms with van der Waals surface area (Å²) in [4.78, 5) is 134. The Hall–Kier alpha value is -7.72. The molecule has 4 rings (SSSR count). The zero-order chi connectivity index (χ0) is 53.6. The molecule has 1 fully saturated rings. The first-order chi connectivity index (χ1) is 34.8. The average Bonchev–Trinajstić information content (AvgIpc) is 3.86. The highest BCUT2D eigenvalue weighted by Crippen LogP contribution is 2.20. The molecule has 394 valence electrons. The average molecular weight is 1010 g/mol. The maximum Gasteiger partial charge on any atom is 0.328 e. The Morgan fingerprint density at radius 3 is 1.58 bits per heavy atom. The van der Waals surface area contributed by atoms with Gasteiger partial charge in [0.25, 0.3) is 0 Å². The zero-order valence-electron chi connectivity index (χ0n) is 41.2. The van der Waals surface area contributed by atoms with Gasteiger partial charge in [0, 0.05) is 32.2 Å². The van der Waals surface area contributed by atoms with E-state index in [4.69, 9.17) is 11.5 Å². The summed E-state index contributed by atoms with van der Waals surface area (Å²) < 4.78 is 0. The van der Waals surface area contributed by atoms with Gasteiger partial charge in [-0.05, 0) is 55.2 Å². The molecule has 3 aromatic carbocycles. The molecule has 22 nitrogen and oxygen atoms in total. The summed E-state index contributed by atoms with van der Waals surface area (Å²) in [5.41, 5.74) is 13.5. The highest BCUT2D eigenvalue weighted by atomic mass is 16.4. The van der Waals surface area contributed by atoms with E-state index in [0.717, 1.165) is 5.56 Å². The topological polar surface area (TPSA) is 351 Å². The molecule has 3 aromatic rings. The molecule has 9 amide bonds. The number of nitrogens with two attached hydrogens (primary N) is 2. The van der Waals surface area contributed by atoms with Gasteiger partial charge in [0.15, 0.2) is 0 Å². The molecule has 0 bridgehead atoms. The standard InChI is InChI=1S/C51H68N10O12/c1-30(2)24-35(52)45(66)59-39(27-34-18-11-6-12-19-34)50(71)61-23-13-20-41(61)49(70)54-28-43(64)56-36(21-22-42(53)63)46(67)58-37(25-32-14-7-4-8-15-32)47(68)55-31(3)44(65)57-38(26-33-16-9-5-10-17-33)48(69)60-40(29-62)51(72)73/h4-12,14-19,30-31,35-41,62H,13,20-29,52H2,1-3H3,(H2,53,63)(H,54,70)(H,55,68)(H,56,64)(H,57,65)(H,58,67)(H,59,66)(H,60,69)(H,72,73)/t31-,35-,36-,37-,38-,39-,40-,41-/m0/s1. The van der Waals surface area contributed by atoms with Gasteiger partial charge in [0.2, 0.25) is 53.2 Å². The van der Waals surface area contributed by atoms with Crippen molar-refractivity contribution >= 4 is 59.1 Å². The molecule has 13 N–H and O–H groups in total. The maximum atomic E-state index is 14.1. The maximum absolute atomic E-state index is 14.1. The monoisotopic (exact) mass is 1010 g/mol. The minimum Gasteiger partial charge on any atom is -0.480 e. The third-order valence-electron chi connectivity index (χ3n) is 11.9. The van der Waals surface area contributed by atoms with E-state index in [9.17, 15) is 58.2 Å². The van der Waals surface area contributed by atoms with E-state index in [1.807, 2.05) is 32.0 Å². The number of carbonyl (C=O) groups excluding carboxylic acids is 9. The van der Waals surface area contributed by atoms with E-state index < -0.39 is 121 Å². The first-order valence-corrected chi connectivity index (χ1v) is 24.1. The molecule has 0 unspecified atom stereocenters. The SMILES string of the molecule is CC(C)C[C@H](N)C(=O)N[C@@H](Cc1ccccc1)C(=O)N1CCC[C@H]1C(=O)NCC(=O)N[C@@H](CCC(N)=O)C(=O)N[C@@H](Cc1ccccc1)C(=O)N[C@@H](C)C(=O)N[C@@H](Cc1ccccc1)C(=O)N[C@@H](CO)C(=O)O. The largest absolute Gasteiger partial charge is 0.480 e. The van der Waals surface area contributed by atoms with Gasteiger partial charge in [-0.15, -0.1) is 0 Å². The van der Waals surface area contributed by atoms with Crippen molar-refractivity contribution in [3.05, 3.63) is 108 Å². The van der Waals surface area contributed by atoms with E-state index >= 15 is 0 Å². The Balaban J connectivity index is 1.45. The van der Waals surface area contributed by atoms with Gasteiger partial charge in [-0.1, -0.05) is 105 Å². The van der Waals surface area contributed by atoms with Crippen LogP contribution in [0.4, 0.5) is 0 Å². The summed E-state index contributed by atoms with van der Waals surface area (Å²) in [6.45, 7) is 3.77. The third kappa shape index (κ3) is 19.1. The number of carboxylic acid groups (broad SMARTS) is 1. The lowest BCUT2D eigenvalue weighted by Gasteiger charge is -2.29. The minimum absolute atomic E-state index is 0.0878. The number of hydrogen-bond donors (Lipinski definition) is 11. The number of primary amides is 1. The molecule has 0 radical (unpaired) electrons. The Morgan fingerprint density at radius 2 is 1.08 bits per heavy atom. The molecular weight excluding hydrogens is 945 g/mol. The number of rotatable bonds is 28. The Kier molecular flexibility index (Phi) is 23.0.